The van der Waals surface area contributed by atoms with Gasteiger partial charge in [0.05, 0.1) is 0 Å². The maximum atomic E-state index is 3.59. The molecule has 0 spiro atoms. The second-order valence-electron chi connectivity index (χ2n) is 7.83. The number of likely N-dealkylation sites (N-methyl/N-ethyl adjacent to an activating group) is 1. The van der Waals surface area contributed by atoms with Crippen LogP contribution in [0, 0.1) is 13.8 Å². The lowest BCUT2D eigenvalue weighted by Gasteiger charge is -2.26. The van der Waals surface area contributed by atoms with Crippen LogP contribution in [0.1, 0.15) is 55.9 Å². The fourth-order valence-electron chi connectivity index (χ4n) is 3.30. The summed E-state index contributed by atoms with van der Waals surface area (Å²) in [5.41, 5.74) is 6.05. The van der Waals surface area contributed by atoms with E-state index in [9.17, 15) is 0 Å². The van der Waals surface area contributed by atoms with Crippen molar-refractivity contribution < 1.29 is 0 Å². The number of aryl methyl sites for hydroxylation is 2. The lowest BCUT2D eigenvalue weighted by Crippen LogP contribution is -2.35. The van der Waals surface area contributed by atoms with Gasteiger partial charge in [0.25, 0.3) is 0 Å². The minimum absolute atomic E-state index is 0.230. The quantitative estimate of drug-likeness (QED) is 0.907. The maximum Gasteiger partial charge on any atom is 0.0236 e. The third kappa shape index (κ3) is 4.31. The molecule has 118 valence electrons. The Hall–Kier alpha value is -0.860. The van der Waals surface area contributed by atoms with Crippen LogP contribution in [0.2, 0.25) is 0 Å². The molecule has 2 heteroatoms. The van der Waals surface area contributed by atoms with Gasteiger partial charge in [-0.3, -0.25) is 0 Å². The van der Waals surface area contributed by atoms with E-state index in [-0.39, 0.29) is 5.41 Å². The number of nitrogens with one attached hydrogen (secondary N) is 1. The van der Waals surface area contributed by atoms with Gasteiger partial charge in [0.2, 0.25) is 0 Å². The SMILES string of the molecule is Cc1cc(C(C)(C)C)cc(C)c1CN(C)CC1CCCN1. The van der Waals surface area contributed by atoms with E-state index in [1.807, 2.05) is 0 Å². The Kier molecular flexibility index (Phi) is 5.11. The Morgan fingerprint density at radius 2 is 1.81 bits per heavy atom. The molecule has 21 heavy (non-hydrogen) atoms. The molecular formula is C19H32N2. The van der Waals surface area contributed by atoms with Crippen molar-refractivity contribution in [2.75, 3.05) is 20.1 Å². The molecule has 1 aromatic carbocycles. The molecule has 1 aromatic rings. The van der Waals surface area contributed by atoms with E-state index in [1.165, 1.54) is 41.6 Å². The van der Waals surface area contributed by atoms with E-state index >= 15 is 0 Å². The van der Waals surface area contributed by atoms with Crippen LogP contribution in [0.4, 0.5) is 0 Å². The molecule has 2 nitrogen and oxygen atoms in total. The highest BCUT2D eigenvalue weighted by molar-refractivity contribution is 5.40. The third-order valence-corrected chi connectivity index (χ3v) is 4.68. The highest BCUT2D eigenvalue weighted by Crippen LogP contribution is 2.27. The second kappa shape index (κ2) is 6.50. The number of rotatable bonds is 4. The average molecular weight is 288 g/mol. The van der Waals surface area contributed by atoms with Crippen LogP contribution in [0.5, 0.6) is 0 Å². The first-order valence-corrected chi connectivity index (χ1v) is 8.30. The smallest absolute Gasteiger partial charge is 0.0236 e. The van der Waals surface area contributed by atoms with E-state index in [2.05, 4.69) is 64.0 Å². The van der Waals surface area contributed by atoms with Gasteiger partial charge in [-0.05, 0) is 68.0 Å². The maximum absolute atomic E-state index is 3.59. The van der Waals surface area contributed by atoms with Gasteiger partial charge in [-0.1, -0.05) is 32.9 Å². The Labute approximate surface area is 130 Å². The second-order valence-corrected chi connectivity index (χ2v) is 7.83. The standard InChI is InChI=1S/C19H32N2/c1-14-10-16(19(3,4)5)11-15(2)18(14)13-21(6)12-17-8-7-9-20-17/h10-11,17,20H,7-9,12-13H2,1-6H3. The van der Waals surface area contributed by atoms with E-state index in [0.29, 0.717) is 6.04 Å². The normalized spacial score (nSPS) is 19.5. The van der Waals surface area contributed by atoms with Gasteiger partial charge >= 0.3 is 0 Å². The molecule has 1 saturated heterocycles. The first-order chi connectivity index (χ1) is 9.77. The van der Waals surface area contributed by atoms with Gasteiger partial charge in [-0.2, -0.15) is 0 Å². The monoisotopic (exact) mass is 288 g/mol. The summed E-state index contributed by atoms with van der Waals surface area (Å²) >= 11 is 0. The first-order valence-electron chi connectivity index (χ1n) is 8.30. The van der Waals surface area contributed by atoms with Crippen molar-refractivity contribution in [1.29, 1.82) is 0 Å². The van der Waals surface area contributed by atoms with E-state index < -0.39 is 0 Å². The summed E-state index contributed by atoms with van der Waals surface area (Å²) in [6, 6.07) is 5.44. The Morgan fingerprint density at radius 3 is 2.29 bits per heavy atom. The fraction of sp³-hybridized carbons (Fsp3) is 0.684. The molecule has 1 atom stereocenters. The molecule has 1 fully saturated rings. The Bertz CT molecular complexity index is 456. The average Bonchev–Trinajstić information content (AvgIpc) is 2.85. The number of nitrogens with zero attached hydrogens (tertiary/aromatic N) is 1. The summed E-state index contributed by atoms with van der Waals surface area (Å²) < 4.78 is 0. The van der Waals surface area contributed by atoms with Gasteiger partial charge in [0.15, 0.2) is 0 Å². The molecule has 1 aliphatic heterocycles. The highest BCUT2D eigenvalue weighted by Gasteiger charge is 2.19. The molecule has 0 aliphatic carbocycles. The van der Waals surface area contributed by atoms with Crippen LogP contribution in [0.3, 0.4) is 0 Å². The van der Waals surface area contributed by atoms with Crippen LogP contribution in [0.25, 0.3) is 0 Å². The summed E-state index contributed by atoms with van der Waals surface area (Å²) in [5, 5.41) is 3.59. The molecule has 1 aliphatic rings. The molecule has 1 unspecified atom stereocenters. The molecule has 2 rings (SSSR count). The lowest BCUT2D eigenvalue weighted by molar-refractivity contribution is 0.292. The topological polar surface area (TPSA) is 15.3 Å². The molecular weight excluding hydrogens is 256 g/mol. The molecule has 0 aromatic heterocycles. The number of hydrogen-bond acceptors (Lipinski definition) is 2. The highest BCUT2D eigenvalue weighted by atomic mass is 15.1. The van der Waals surface area contributed by atoms with Gasteiger partial charge in [0, 0.05) is 19.1 Å². The fourth-order valence-corrected chi connectivity index (χ4v) is 3.30. The molecule has 0 saturated carbocycles. The molecule has 0 bridgehead atoms. The van der Waals surface area contributed by atoms with Crippen LogP contribution in [0.15, 0.2) is 12.1 Å². The Balaban J connectivity index is 2.09. The summed E-state index contributed by atoms with van der Waals surface area (Å²) in [6.45, 7) is 14.8. The van der Waals surface area contributed by atoms with Crippen LogP contribution < -0.4 is 5.32 Å². The first kappa shape index (κ1) is 16.5. The van der Waals surface area contributed by atoms with Gasteiger partial charge in [-0.15, -0.1) is 0 Å². The third-order valence-electron chi connectivity index (χ3n) is 4.68. The van der Waals surface area contributed by atoms with Crippen molar-refractivity contribution in [1.82, 2.24) is 10.2 Å². The summed E-state index contributed by atoms with van der Waals surface area (Å²) in [7, 11) is 2.25. The molecule has 1 N–H and O–H groups in total. The summed E-state index contributed by atoms with van der Waals surface area (Å²) in [4.78, 5) is 2.47. The van der Waals surface area contributed by atoms with Crippen molar-refractivity contribution in [3.63, 3.8) is 0 Å². The summed E-state index contributed by atoms with van der Waals surface area (Å²) in [6.07, 6.45) is 2.65. The van der Waals surface area contributed by atoms with Gasteiger partial charge in [-0.25, -0.2) is 0 Å². The Morgan fingerprint density at radius 1 is 1.19 bits per heavy atom. The zero-order valence-corrected chi connectivity index (χ0v) is 14.7. The molecule has 0 amide bonds. The van der Waals surface area contributed by atoms with Crippen molar-refractivity contribution in [2.45, 2.75) is 65.5 Å². The van der Waals surface area contributed by atoms with Crippen molar-refractivity contribution in [2.24, 2.45) is 0 Å². The minimum Gasteiger partial charge on any atom is -0.313 e. The summed E-state index contributed by atoms with van der Waals surface area (Å²) in [5.74, 6) is 0. The number of benzene rings is 1. The van der Waals surface area contributed by atoms with Crippen LogP contribution in [-0.2, 0) is 12.0 Å². The number of hydrogen-bond donors (Lipinski definition) is 1. The van der Waals surface area contributed by atoms with E-state index in [0.717, 1.165) is 13.1 Å². The van der Waals surface area contributed by atoms with Crippen molar-refractivity contribution >= 4 is 0 Å². The van der Waals surface area contributed by atoms with Gasteiger partial charge in [0.1, 0.15) is 0 Å². The molecule has 1 heterocycles. The lowest BCUT2D eigenvalue weighted by atomic mass is 9.84. The van der Waals surface area contributed by atoms with Gasteiger partial charge < -0.3 is 10.2 Å². The zero-order chi connectivity index (χ0) is 15.6. The van der Waals surface area contributed by atoms with Crippen LogP contribution in [-0.4, -0.2) is 31.1 Å². The van der Waals surface area contributed by atoms with Crippen molar-refractivity contribution in [3.05, 3.63) is 34.4 Å². The predicted octanol–water partition coefficient (Wildman–Crippen LogP) is 3.78. The zero-order valence-electron chi connectivity index (χ0n) is 14.7. The van der Waals surface area contributed by atoms with Crippen molar-refractivity contribution in [3.8, 4) is 0 Å². The van der Waals surface area contributed by atoms with Crippen LogP contribution >= 0.6 is 0 Å². The largest absolute Gasteiger partial charge is 0.313 e. The minimum atomic E-state index is 0.230. The molecule has 0 radical (unpaired) electrons. The van der Waals surface area contributed by atoms with E-state index in [1.54, 1.807) is 0 Å². The predicted molar refractivity (Wildman–Crippen MR) is 92.0 cm³/mol. The van der Waals surface area contributed by atoms with E-state index in [4.69, 9.17) is 0 Å².